The van der Waals surface area contributed by atoms with Gasteiger partial charge in [0.25, 0.3) is 5.91 Å². The van der Waals surface area contributed by atoms with E-state index in [0.717, 1.165) is 0 Å². The van der Waals surface area contributed by atoms with Crippen molar-refractivity contribution >= 4 is 11.6 Å². The lowest BCUT2D eigenvalue weighted by Gasteiger charge is -2.26. The first kappa shape index (κ1) is 15.8. The fraction of sp³-hybridized carbons (Fsp3) is 0.333. The van der Waals surface area contributed by atoms with Gasteiger partial charge >= 0.3 is 6.18 Å². The van der Waals surface area contributed by atoms with Crippen LogP contribution in [0.3, 0.4) is 0 Å². The van der Waals surface area contributed by atoms with Crippen molar-refractivity contribution in [2.75, 3.05) is 11.9 Å². The maximum absolute atomic E-state index is 12.6. The molecule has 0 aliphatic heterocycles. The highest BCUT2D eigenvalue weighted by molar-refractivity contribution is 5.98. The van der Waals surface area contributed by atoms with Gasteiger partial charge in [0.15, 0.2) is 12.1 Å². The quantitative estimate of drug-likeness (QED) is 0.884. The normalized spacial score (nSPS) is 14.0. The fourth-order valence-electron chi connectivity index (χ4n) is 1.17. The lowest BCUT2D eigenvalue weighted by Crippen LogP contribution is -2.59. The number of nitrogens with two attached hydrogens (primary N) is 1. The molecule has 0 saturated heterocycles. The zero-order valence-electron chi connectivity index (χ0n) is 10.5. The molecule has 1 aromatic rings. The molecule has 20 heavy (non-hydrogen) atoms. The van der Waals surface area contributed by atoms with E-state index in [4.69, 9.17) is 15.7 Å². The van der Waals surface area contributed by atoms with Gasteiger partial charge < -0.3 is 15.8 Å². The van der Waals surface area contributed by atoms with Gasteiger partial charge in [-0.15, -0.1) is 0 Å². The Hall–Kier alpha value is -2.27. The summed E-state index contributed by atoms with van der Waals surface area (Å²) in [5, 5.41) is 10.4. The first-order valence-corrected chi connectivity index (χ1v) is 5.45. The number of hydrogen-bond acceptors (Lipinski definition) is 4. The van der Waals surface area contributed by atoms with E-state index in [1.807, 2.05) is 0 Å². The van der Waals surface area contributed by atoms with Crippen LogP contribution in [0.25, 0.3) is 0 Å². The van der Waals surface area contributed by atoms with E-state index in [1.54, 1.807) is 6.07 Å². The van der Waals surface area contributed by atoms with Gasteiger partial charge in [0.2, 0.25) is 0 Å². The third kappa shape index (κ3) is 3.61. The molecule has 0 radical (unpaired) electrons. The topological polar surface area (TPSA) is 88.1 Å². The Morgan fingerprint density at radius 3 is 2.70 bits per heavy atom. The minimum Gasteiger partial charge on any atom is -0.479 e. The van der Waals surface area contributed by atoms with Crippen LogP contribution in [-0.4, -0.2) is 24.2 Å². The molecule has 1 amide bonds. The summed E-state index contributed by atoms with van der Waals surface area (Å²) in [6, 6.07) is 7.37. The van der Waals surface area contributed by atoms with Crippen LogP contribution in [-0.2, 0) is 4.79 Å². The molecule has 0 spiro atoms. The number of amides is 1. The highest BCUT2D eigenvalue weighted by Crippen LogP contribution is 2.29. The van der Waals surface area contributed by atoms with Crippen LogP contribution < -0.4 is 15.8 Å². The molecule has 1 rings (SSSR count). The average Bonchev–Trinajstić information content (AvgIpc) is 2.35. The van der Waals surface area contributed by atoms with Crippen molar-refractivity contribution < 1.29 is 22.7 Å². The third-order valence-corrected chi connectivity index (χ3v) is 2.46. The average molecular weight is 287 g/mol. The number of alkyl halides is 3. The molecule has 0 heterocycles. The summed E-state index contributed by atoms with van der Waals surface area (Å²) in [5.74, 6) is -1.14. The molecule has 5 nitrogen and oxygen atoms in total. The summed E-state index contributed by atoms with van der Waals surface area (Å²) >= 11 is 0. The summed E-state index contributed by atoms with van der Waals surface area (Å²) in [6.07, 6.45) is -4.87. The Labute approximate surface area is 113 Å². The molecule has 8 heteroatoms. The van der Waals surface area contributed by atoms with Crippen LogP contribution in [0.4, 0.5) is 18.9 Å². The highest BCUT2D eigenvalue weighted by Gasteiger charge is 2.53. The van der Waals surface area contributed by atoms with Gasteiger partial charge in [-0.3, -0.25) is 4.79 Å². The number of anilines is 1. The first-order valence-electron chi connectivity index (χ1n) is 5.45. The minimum atomic E-state index is -4.87. The van der Waals surface area contributed by atoms with E-state index in [0.29, 0.717) is 6.92 Å². The summed E-state index contributed by atoms with van der Waals surface area (Å²) in [7, 11) is 0. The van der Waals surface area contributed by atoms with E-state index in [9.17, 15) is 18.0 Å². The van der Waals surface area contributed by atoms with Gasteiger partial charge in [-0.1, -0.05) is 6.07 Å². The van der Waals surface area contributed by atoms with Gasteiger partial charge in [0.05, 0.1) is 0 Å². The zero-order valence-corrected chi connectivity index (χ0v) is 10.5. The molecular formula is C12H12F3N3O2. The SMILES string of the molecule is CC(N)(C(=O)Nc1cccc(OCC#N)c1)C(F)(F)F. The van der Waals surface area contributed by atoms with Crippen molar-refractivity contribution in [3.05, 3.63) is 24.3 Å². The summed E-state index contributed by atoms with van der Waals surface area (Å²) in [6.45, 7) is 0.368. The van der Waals surface area contributed by atoms with Crippen molar-refractivity contribution in [2.24, 2.45) is 5.73 Å². The fourth-order valence-corrected chi connectivity index (χ4v) is 1.17. The molecule has 0 saturated carbocycles. The minimum absolute atomic E-state index is 0.0892. The highest BCUT2D eigenvalue weighted by atomic mass is 19.4. The predicted molar refractivity (Wildman–Crippen MR) is 64.8 cm³/mol. The Morgan fingerprint density at radius 2 is 2.15 bits per heavy atom. The Balaban J connectivity index is 2.84. The smallest absolute Gasteiger partial charge is 0.415 e. The standard InChI is InChI=1S/C12H12F3N3O2/c1-11(17,12(13,14)15)10(19)18-8-3-2-4-9(7-8)20-6-5-16/h2-4,7H,6,17H2,1H3,(H,18,19). The van der Waals surface area contributed by atoms with Crippen molar-refractivity contribution in [2.45, 2.75) is 18.6 Å². The summed E-state index contributed by atoms with van der Waals surface area (Å²) < 4.78 is 42.7. The summed E-state index contributed by atoms with van der Waals surface area (Å²) in [4.78, 5) is 11.6. The number of carbonyl (C=O) groups excluding carboxylic acids is 1. The van der Waals surface area contributed by atoms with E-state index in [-0.39, 0.29) is 18.0 Å². The van der Waals surface area contributed by atoms with Crippen molar-refractivity contribution in [3.63, 3.8) is 0 Å². The van der Waals surface area contributed by atoms with E-state index in [2.05, 4.69) is 5.32 Å². The maximum atomic E-state index is 12.6. The van der Waals surface area contributed by atoms with Crippen LogP contribution >= 0.6 is 0 Å². The number of carbonyl (C=O) groups is 1. The lowest BCUT2D eigenvalue weighted by atomic mass is 10.0. The molecule has 108 valence electrons. The number of ether oxygens (including phenoxy) is 1. The van der Waals surface area contributed by atoms with Gasteiger partial charge in [-0.05, 0) is 19.1 Å². The van der Waals surface area contributed by atoms with Gasteiger partial charge in [-0.2, -0.15) is 18.4 Å². The van der Waals surface area contributed by atoms with Gasteiger partial charge in [0, 0.05) is 11.8 Å². The first-order chi connectivity index (χ1) is 9.18. The molecule has 0 aliphatic carbocycles. The number of benzene rings is 1. The molecule has 0 aromatic heterocycles. The third-order valence-electron chi connectivity index (χ3n) is 2.46. The number of nitriles is 1. The van der Waals surface area contributed by atoms with Crippen molar-refractivity contribution in [3.8, 4) is 11.8 Å². The molecule has 1 unspecified atom stereocenters. The Bertz CT molecular complexity index is 535. The van der Waals surface area contributed by atoms with E-state index < -0.39 is 17.6 Å². The van der Waals surface area contributed by atoms with E-state index in [1.165, 1.54) is 24.3 Å². The van der Waals surface area contributed by atoms with Crippen LogP contribution in [0.5, 0.6) is 5.75 Å². The van der Waals surface area contributed by atoms with Crippen LogP contribution in [0.2, 0.25) is 0 Å². The van der Waals surface area contributed by atoms with Gasteiger partial charge in [0.1, 0.15) is 11.8 Å². The van der Waals surface area contributed by atoms with Crippen LogP contribution in [0.15, 0.2) is 24.3 Å². The zero-order chi connectivity index (χ0) is 15.4. The second kappa shape index (κ2) is 5.79. The molecule has 0 fully saturated rings. The number of hydrogen-bond donors (Lipinski definition) is 2. The van der Waals surface area contributed by atoms with Gasteiger partial charge in [-0.25, -0.2) is 0 Å². The summed E-state index contributed by atoms with van der Waals surface area (Å²) in [5.41, 5.74) is 2.08. The molecule has 3 N–H and O–H groups in total. The number of nitrogens with zero attached hydrogens (tertiary/aromatic N) is 1. The lowest BCUT2D eigenvalue weighted by molar-refractivity contribution is -0.184. The Kier molecular flexibility index (Phi) is 4.57. The van der Waals surface area contributed by atoms with E-state index >= 15 is 0 Å². The van der Waals surface area contributed by atoms with Crippen molar-refractivity contribution in [1.82, 2.24) is 0 Å². The molecule has 1 aromatic carbocycles. The number of nitrogens with one attached hydrogen (secondary N) is 1. The number of rotatable bonds is 4. The van der Waals surface area contributed by atoms with Crippen molar-refractivity contribution in [1.29, 1.82) is 5.26 Å². The van der Waals surface area contributed by atoms with Crippen LogP contribution in [0.1, 0.15) is 6.92 Å². The second-order valence-corrected chi connectivity index (χ2v) is 4.13. The maximum Gasteiger partial charge on any atom is 0.415 e. The van der Waals surface area contributed by atoms with Crippen LogP contribution in [0, 0.1) is 11.3 Å². The largest absolute Gasteiger partial charge is 0.479 e. The predicted octanol–water partition coefficient (Wildman–Crippen LogP) is 1.81. The second-order valence-electron chi connectivity index (χ2n) is 4.13. The molecule has 0 aliphatic rings. The molecular weight excluding hydrogens is 275 g/mol. The molecule has 1 atom stereocenters. The molecule has 0 bridgehead atoms. The Morgan fingerprint density at radius 1 is 1.50 bits per heavy atom. The monoisotopic (exact) mass is 287 g/mol. The number of halogens is 3.